The number of imidazole rings is 1. The van der Waals surface area contributed by atoms with Gasteiger partial charge in [-0.2, -0.15) is 0 Å². The molecule has 0 N–H and O–H groups in total. The van der Waals surface area contributed by atoms with Crippen molar-refractivity contribution in [3.8, 4) is 5.82 Å². The molecule has 0 unspecified atom stereocenters. The van der Waals surface area contributed by atoms with Gasteiger partial charge in [-0.15, -0.1) is 0 Å². The average molecular weight is 297 g/mol. The van der Waals surface area contributed by atoms with Crippen LogP contribution in [0.2, 0.25) is 0 Å². The van der Waals surface area contributed by atoms with E-state index in [-0.39, 0.29) is 0 Å². The first-order chi connectivity index (χ1) is 10.9. The van der Waals surface area contributed by atoms with Gasteiger partial charge in [-0.1, -0.05) is 19.3 Å². The third-order valence-corrected chi connectivity index (χ3v) is 5.09. The molecule has 5 heteroatoms. The lowest BCUT2D eigenvalue weighted by atomic mass is 9.93. The van der Waals surface area contributed by atoms with Crippen LogP contribution in [0.3, 0.4) is 0 Å². The van der Waals surface area contributed by atoms with Crippen molar-refractivity contribution in [3.63, 3.8) is 0 Å². The summed E-state index contributed by atoms with van der Waals surface area (Å²) in [5, 5.41) is 0. The van der Waals surface area contributed by atoms with Crippen molar-refractivity contribution in [3.05, 3.63) is 36.8 Å². The Balaban J connectivity index is 1.59. The SMILES string of the molecule is c1cn(-c2cncc([C@H]3CCCN3C3CCCCC3)n2)cn1. The quantitative estimate of drug-likeness (QED) is 0.873. The molecule has 1 saturated heterocycles. The van der Waals surface area contributed by atoms with E-state index in [1.807, 2.05) is 23.2 Å². The summed E-state index contributed by atoms with van der Waals surface area (Å²) in [7, 11) is 0. The molecular formula is C17H23N5. The van der Waals surface area contributed by atoms with Gasteiger partial charge >= 0.3 is 0 Å². The Morgan fingerprint density at radius 2 is 1.86 bits per heavy atom. The Morgan fingerprint density at radius 3 is 2.68 bits per heavy atom. The van der Waals surface area contributed by atoms with Crippen molar-refractivity contribution in [2.75, 3.05) is 6.54 Å². The van der Waals surface area contributed by atoms with Crippen molar-refractivity contribution < 1.29 is 0 Å². The summed E-state index contributed by atoms with van der Waals surface area (Å²) in [6.45, 7) is 1.21. The van der Waals surface area contributed by atoms with Gasteiger partial charge in [0, 0.05) is 18.4 Å². The summed E-state index contributed by atoms with van der Waals surface area (Å²) >= 11 is 0. The van der Waals surface area contributed by atoms with E-state index in [1.165, 1.54) is 51.5 Å². The van der Waals surface area contributed by atoms with Crippen LogP contribution in [-0.2, 0) is 0 Å². The summed E-state index contributed by atoms with van der Waals surface area (Å²) in [6, 6.07) is 1.19. The fourth-order valence-corrected chi connectivity index (χ4v) is 4.01. The van der Waals surface area contributed by atoms with Crippen LogP contribution in [-0.4, -0.2) is 37.0 Å². The maximum absolute atomic E-state index is 4.86. The van der Waals surface area contributed by atoms with Crippen LogP contribution in [0.15, 0.2) is 31.1 Å². The van der Waals surface area contributed by atoms with Crippen molar-refractivity contribution >= 4 is 0 Å². The number of nitrogens with zero attached hydrogens (tertiary/aromatic N) is 5. The molecule has 0 radical (unpaired) electrons. The first-order valence-corrected chi connectivity index (χ1v) is 8.48. The molecule has 1 atom stereocenters. The number of likely N-dealkylation sites (tertiary alicyclic amines) is 1. The molecule has 0 bridgehead atoms. The molecule has 0 spiro atoms. The number of aromatic nitrogens is 4. The highest BCUT2D eigenvalue weighted by Gasteiger charge is 2.33. The van der Waals surface area contributed by atoms with Crippen molar-refractivity contribution in [2.45, 2.75) is 57.0 Å². The third-order valence-electron chi connectivity index (χ3n) is 5.09. The van der Waals surface area contributed by atoms with Crippen LogP contribution in [0.5, 0.6) is 0 Å². The predicted molar refractivity (Wildman–Crippen MR) is 84.7 cm³/mol. The van der Waals surface area contributed by atoms with Gasteiger partial charge in [0.15, 0.2) is 5.82 Å². The lowest BCUT2D eigenvalue weighted by Crippen LogP contribution is -2.36. The Labute approximate surface area is 131 Å². The molecule has 2 aromatic heterocycles. The second-order valence-corrected chi connectivity index (χ2v) is 6.46. The van der Waals surface area contributed by atoms with E-state index in [1.54, 1.807) is 12.5 Å². The zero-order valence-electron chi connectivity index (χ0n) is 12.9. The van der Waals surface area contributed by atoms with E-state index in [9.17, 15) is 0 Å². The summed E-state index contributed by atoms with van der Waals surface area (Å²) in [6.07, 6.45) is 18.6. The molecule has 1 aliphatic carbocycles. The zero-order chi connectivity index (χ0) is 14.8. The van der Waals surface area contributed by atoms with Gasteiger partial charge in [-0.05, 0) is 32.2 Å². The Kier molecular flexibility index (Phi) is 3.89. The number of hydrogen-bond acceptors (Lipinski definition) is 4. The summed E-state index contributed by atoms with van der Waals surface area (Å²) in [5.74, 6) is 0.866. The first kappa shape index (κ1) is 13.9. The highest BCUT2D eigenvalue weighted by Crippen LogP contribution is 2.36. The largest absolute Gasteiger partial charge is 0.292 e. The van der Waals surface area contributed by atoms with Crippen LogP contribution in [0, 0.1) is 0 Å². The van der Waals surface area contributed by atoms with E-state index in [0.29, 0.717) is 6.04 Å². The van der Waals surface area contributed by atoms with Crippen LogP contribution in [0.25, 0.3) is 5.82 Å². The van der Waals surface area contributed by atoms with Gasteiger partial charge < -0.3 is 0 Å². The maximum Gasteiger partial charge on any atom is 0.156 e. The molecule has 4 rings (SSSR count). The normalized spacial score (nSPS) is 23.9. The maximum atomic E-state index is 4.86. The minimum Gasteiger partial charge on any atom is -0.292 e. The third kappa shape index (κ3) is 2.65. The number of rotatable bonds is 3. The molecular weight excluding hydrogens is 274 g/mol. The van der Waals surface area contributed by atoms with Crippen molar-refractivity contribution in [1.82, 2.24) is 24.4 Å². The summed E-state index contributed by atoms with van der Waals surface area (Å²) < 4.78 is 1.93. The monoisotopic (exact) mass is 297 g/mol. The topological polar surface area (TPSA) is 46.8 Å². The molecule has 2 aromatic rings. The molecule has 2 fully saturated rings. The molecule has 1 saturated carbocycles. The smallest absolute Gasteiger partial charge is 0.156 e. The molecule has 1 aliphatic heterocycles. The van der Waals surface area contributed by atoms with E-state index in [0.717, 1.165) is 17.6 Å². The fourth-order valence-electron chi connectivity index (χ4n) is 4.01. The van der Waals surface area contributed by atoms with Gasteiger partial charge in [0.2, 0.25) is 0 Å². The average Bonchev–Trinajstić information content (AvgIpc) is 3.27. The van der Waals surface area contributed by atoms with Gasteiger partial charge in [0.1, 0.15) is 6.33 Å². The van der Waals surface area contributed by atoms with E-state index < -0.39 is 0 Å². The second-order valence-electron chi connectivity index (χ2n) is 6.46. The summed E-state index contributed by atoms with van der Waals surface area (Å²) in [5.41, 5.74) is 1.12. The standard InChI is InChI=1S/C17H23N5/c1-2-5-14(6-3-1)22-9-4-7-16(22)15-11-19-12-17(20-15)21-10-8-18-13-21/h8,10-14,16H,1-7,9H2/t16-/m1/s1. The van der Waals surface area contributed by atoms with Gasteiger partial charge in [0.25, 0.3) is 0 Å². The first-order valence-electron chi connectivity index (χ1n) is 8.48. The van der Waals surface area contributed by atoms with E-state index in [2.05, 4.69) is 14.9 Å². The highest BCUT2D eigenvalue weighted by molar-refractivity contribution is 5.21. The van der Waals surface area contributed by atoms with Gasteiger partial charge in [-0.3, -0.25) is 14.5 Å². The van der Waals surface area contributed by atoms with Crippen LogP contribution in [0.1, 0.15) is 56.7 Å². The molecule has 0 amide bonds. The second kappa shape index (κ2) is 6.16. The van der Waals surface area contributed by atoms with E-state index in [4.69, 9.17) is 4.98 Å². The van der Waals surface area contributed by atoms with Crippen LogP contribution >= 0.6 is 0 Å². The summed E-state index contributed by atoms with van der Waals surface area (Å²) in [4.78, 5) is 16.1. The molecule has 22 heavy (non-hydrogen) atoms. The lowest BCUT2D eigenvalue weighted by molar-refractivity contribution is 0.140. The van der Waals surface area contributed by atoms with Crippen molar-refractivity contribution in [2.24, 2.45) is 0 Å². The van der Waals surface area contributed by atoms with Gasteiger partial charge in [-0.25, -0.2) is 9.97 Å². The zero-order valence-corrected chi connectivity index (χ0v) is 12.9. The van der Waals surface area contributed by atoms with Gasteiger partial charge in [0.05, 0.1) is 24.1 Å². The molecule has 5 nitrogen and oxygen atoms in total. The highest BCUT2D eigenvalue weighted by atomic mass is 15.2. The minimum absolute atomic E-state index is 0.444. The molecule has 2 aliphatic rings. The van der Waals surface area contributed by atoms with Crippen molar-refractivity contribution in [1.29, 1.82) is 0 Å². The minimum atomic E-state index is 0.444. The molecule has 116 valence electrons. The lowest BCUT2D eigenvalue weighted by Gasteiger charge is -2.35. The number of hydrogen-bond donors (Lipinski definition) is 0. The molecule has 0 aromatic carbocycles. The van der Waals surface area contributed by atoms with E-state index >= 15 is 0 Å². The molecule has 3 heterocycles. The van der Waals surface area contributed by atoms with Crippen LogP contribution < -0.4 is 0 Å². The predicted octanol–water partition coefficient (Wildman–Crippen LogP) is 3.13. The Morgan fingerprint density at radius 1 is 0.955 bits per heavy atom. The Hall–Kier alpha value is -1.75. The van der Waals surface area contributed by atoms with Crippen LogP contribution in [0.4, 0.5) is 0 Å². The fraction of sp³-hybridized carbons (Fsp3) is 0.588. The Bertz CT molecular complexity index is 603.